The molecule has 0 aliphatic carbocycles. The molecular weight excluding hydrogens is 496 g/mol. The van der Waals surface area contributed by atoms with Gasteiger partial charge in [0.15, 0.2) is 17.1 Å². The molecular formula is C23H27ClN4O4S2. The molecule has 3 rings (SSSR count). The predicted octanol–water partition coefficient (Wildman–Crippen LogP) is 5.68. The van der Waals surface area contributed by atoms with Gasteiger partial charge in [0.2, 0.25) is 5.91 Å². The zero-order valence-corrected chi connectivity index (χ0v) is 22.1. The van der Waals surface area contributed by atoms with Crippen molar-refractivity contribution in [3.63, 3.8) is 0 Å². The number of carbonyl (C=O) groups is 2. The van der Waals surface area contributed by atoms with E-state index in [0.29, 0.717) is 33.1 Å². The number of thioether (sulfide) groups is 1. The van der Waals surface area contributed by atoms with Gasteiger partial charge in [-0.15, -0.1) is 21.5 Å². The number of hydrogen-bond acceptors (Lipinski definition) is 8. The van der Waals surface area contributed by atoms with Crippen molar-refractivity contribution in [2.75, 3.05) is 17.7 Å². The molecule has 182 valence electrons. The second kappa shape index (κ2) is 11.7. The van der Waals surface area contributed by atoms with Crippen LogP contribution in [0.3, 0.4) is 0 Å². The Morgan fingerprint density at radius 1 is 1.24 bits per heavy atom. The maximum atomic E-state index is 12.6. The van der Waals surface area contributed by atoms with E-state index in [1.165, 1.54) is 23.1 Å². The largest absolute Gasteiger partial charge is 0.482 e. The topological polar surface area (TPSA) is 95.3 Å². The summed E-state index contributed by atoms with van der Waals surface area (Å²) in [6, 6.07) is 7.17. The van der Waals surface area contributed by atoms with E-state index in [2.05, 4.69) is 15.5 Å². The summed E-state index contributed by atoms with van der Waals surface area (Å²) in [6.45, 7) is 10.3. The molecule has 1 aromatic carbocycles. The molecule has 0 bridgehead atoms. The van der Waals surface area contributed by atoms with Crippen LogP contribution in [0.25, 0.3) is 0 Å². The van der Waals surface area contributed by atoms with Gasteiger partial charge < -0.3 is 19.4 Å². The zero-order chi connectivity index (χ0) is 24.8. The molecule has 1 amide bonds. The molecule has 34 heavy (non-hydrogen) atoms. The lowest BCUT2D eigenvalue weighted by molar-refractivity contribution is -0.113. The van der Waals surface area contributed by atoms with Crippen molar-refractivity contribution in [3.8, 4) is 5.75 Å². The number of esters is 1. The number of thiophene rings is 1. The molecule has 1 unspecified atom stereocenters. The molecule has 0 aliphatic heterocycles. The van der Waals surface area contributed by atoms with Crippen molar-refractivity contribution in [1.29, 1.82) is 0 Å². The van der Waals surface area contributed by atoms with E-state index in [0.717, 1.165) is 16.2 Å². The second-order valence-electron chi connectivity index (χ2n) is 7.41. The minimum Gasteiger partial charge on any atom is -0.482 e. The lowest BCUT2D eigenvalue weighted by atomic mass is 10.2. The quantitative estimate of drug-likeness (QED) is 0.270. The van der Waals surface area contributed by atoms with Gasteiger partial charge in [0.25, 0.3) is 0 Å². The van der Waals surface area contributed by atoms with Crippen molar-refractivity contribution >= 4 is 51.6 Å². The molecule has 1 atom stereocenters. The number of aryl methyl sites for hydroxylation is 2. The number of amides is 1. The lowest BCUT2D eigenvalue weighted by Crippen LogP contribution is -2.17. The van der Waals surface area contributed by atoms with Crippen molar-refractivity contribution in [1.82, 2.24) is 14.8 Å². The third-order valence-electron chi connectivity index (χ3n) is 4.80. The number of aromatic nitrogens is 3. The van der Waals surface area contributed by atoms with Crippen LogP contribution in [0.4, 0.5) is 5.00 Å². The molecule has 0 aliphatic rings. The first-order valence-corrected chi connectivity index (χ1v) is 13.0. The van der Waals surface area contributed by atoms with Crippen molar-refractivity contribution in [3.05, 3.63) is 51.1 Å². The predicted molar refractivity (Wildman–Crippen MR) is 135 cm³/mol. The molecule has 0 fully saturated rings. The Balaban J connectivity index is 1.66. The number of ether oxygens (including phenoxy) is 2. The number of hydrogen-bond donors (Lipinski definition) is 1. The van der Waals surface area contributed by atoms with Gasteiger partial charge in [0.05, 0.1) is 17.9 Å². The minimum atomic E-state index is -0.449. The second-order valence-corrected chi connectivity index (χ2v) is 10.0. The fourth-order valence-corrected chi connectivity index (χ4v) is 5.21. The van der Waals surface area contributed by atoms with E-state index >= 15 is 0 Å². The van der Waals surface area contributed by atoms with Gasteiger partial charge in [-0.3, -0.25) is 4.79 Å². The number of nitrogens with zero attached hydrogens (tertiary/aromatic N) is 3. The Morgan fingerprint density at radius 2 is 2.00 bits per heavy atom. The van der Waals surface area contributed by atoms with E-state index < -0.39 is 5.97 Å². The highest BCUT2D eigenvalue weighted by molar-refractivity contribution is 7.99. The maximum Gasteiger partial charge on any atom is 0.341 e. The number of halogens is 1. The Kier molecular flexibility index (Phi) is 8.98. The van der Waals surface area contributed by atoms with E-state index in [9.17, 15) is 9.59 Å². The molecule has 3 aromatic rings. The summed E-state index contributed by atoms with van der Waals surface area (Å²) in [6.07, 6.45) is -0.350. The van der Waals surface area contributed by atoms with Gasteiger partial charge in [0, 0.05) is 16.4 Å². The van der Waals surface area contributed by atoms with Gasteiger partial charge in [0.1, 0.15) is 10.8 Å². The van der Waals surface area contributed by atoms with E-state index in [1.54, 1.807) is 19.1 Å². The van der Waals surface area contributed by atoms with E-state index in [-0.39, 0.29) is 24.4 Å². The number of nitrogens with one attached hydrogen (secondary N) is 1. The molecule has 0 radical (unpaired) electrons. The summed E-state index contributed by atoms with van der Waals surface area (Å²) in [5, 5.41) is 13.1. The fraction of sp³-hybridized carbons (Fsp3) is 0.391. The standard InChI is InChI=1S/C23H27ClN4O4S2/c1-6-28-20(15(5)32-18-9-8-16(24)10-13(18)3)26-27-23(28)33-12-19(29)25-21-17(11-14(4)34-21)22(30)31-7-2/h8-11,15H,6-7,12H2,1-5H3,(H,25,29). The Labute approximate surface area is 212 Å². The van der Waals surface area contributed by atoms with Crippen LogP contribution in [-0.4, -0.2) is 39.0 Å². The molecule has 2 aromatic heterocycles. The molecule has 1 N–H and O–H groups in total. The maximum absolute atomic E-state index is 12.6. The fourth-order valence-electron chi connectivity index (χ4n) is 3.25. The van der Waals surface area contributed by atoms with Crippen LogP contribution in [0.15, 0.2) is 29.4 Å². The van der Waals surface area contributed by atoms with E-state index in [4.69, 9.17) is 21.1 Å². The van der Waals surface area contributed by atoms with E-state index in [1.807, 2.05) is 44.4 Å². The van der Waals surface area contributed by atoms with Gasteiger partial charge in [-0.25, -0.2) is 4.79 Å². The Hall–Kier alpha value is -2.56. The summed E-state index contributed by atoms with van der Waals surface area (Å²) in [7, 11) is 0. The van der Waals surface area contributed by atoms with Gasteiger partial charge in [-0.2, -0.15) is 0 Å². The number of carbonyl (C=O) groups excluding carboxylic acids is 2. The monoisotopic (exact) mass is 522 g/mol. The normalized spacial score (nSPS) is 11.8. The van der Waals surface area contributed by atoms with Crippen LogP contribution in [0.1, 0.15) is 53.5 Å². The molecule has 0 saturated heterocycles. The van der Waals surface area contributed by atoms with Crippen molar-refractivity contribution in [2.24, 2.45) is 0 Å². The first-order chi connectivity index (χ1) is 16.2. The van der Waals surface area contributed by atoms with Crippen LogP contribution in [0, 0.1) is 13.8 Å². The number of benzene rings is 1. The third-order valence-corrected chi connectivity index (χ3v) is 6.97. The van der Waals surface area contributed by atoms with Gasteiger partial charge >= 0.3 is 5.97 Å². The van der Waals surface area contributed by atoms with Crippen molar-refractivity contribution in [2.45, 2.75) is 52.4 Å². The van der Waals surface area contributed by atoms with Crippen LogP contribution < -0.4 is 10.1 Å². The first-order valence-electron chi connectivity index (χ1n) is 10.8. The highest BCUT2D eigenvalue weighted by Crippen LogP contribution is 2.30. The summed E-state index contributed by atoms with van der Waals surface area (Å²) in [5.41, 5.74) is 1.30. The first kappa shape index (κ1) is 26.1. The molecule has 8 nitrogen and oxygen atoms in total. The zero-order valence-electron chi connectivity index (χ0n) is 19.7. The number of rotatable bonds is 10. The summed E-state index contributed by atoms with van der Waals surface area (Å²) in [5.74, 6) is 0.807. The van der Waals surface area contributed by atoms with Crippen LogP contribution in [-0.2, 0) is 16.1 Å². The van der Waals surface area contributed by atoms with Crippen LogP contribution in [0.2, 0.25) is 5.02 Å². The summed E-state index contributed by atoms with van der Waals surface area (Å²) >= 11 is 8.64. The molecule has 11 heteroatoms. The average Bonchev–Trinajstić information content (AvgIpc) is 3.37. The number of anilines is 1. The molecule has 0 spiro atoms. The Bertz CT molecular complexity index is 1180. The Morgan fingerprint density at radius 3 is 2.68 bits per heavy atom. The van der Waals surface area contributed by atoms with Gasteiger partial charge in [-0.1, -0.05) is 23.4 Å². The SMILES string of the molecule is CCOC(=O)c1cc(C)sc1NC(=O)CSc1nnc(C(C)Oc2ccc(Cl)cc2C)n1CC. The average molecular weight is 523 g/mol. The highest BCUT2D eigenvalue weighted by atomic mass is 35.5. The van der Waals surface area contributed by atoms with Crippen LogP contribution in [0.5, 0.6) is 5.75 Å². The molecule has 2 heterocycles. The molecule has 0 saturated carbocycles. The van der Waals surface area contributed by atoms with Crippen molar-refractivity contribution < 1.29 is 19.1 Å². The highest BCUT2D eigenvalue weighted by Gasteiger charge is 2.21. The minimum absolute atomic E-state index is 0.114. The van der Waals surface area contributed by atoms with Gasteiger partial charge in [-0.05, 0) is 64.4 Å². The van der Waals surface area contributed by atoms with Crippen LogP contribution >= 0.6 is 34.7 Å². The summed E-state index contributed by atoms with van der Waals surface area (Å²) in [4.78, 5) is 25.7. The third kappa shape index (κ3) is 6.31. The lowest BCUT2D eigenvalue weighted by Gasteiger charge is -2.17. The summed E-state index contributed by atoms with van der Waals surface area (Å²) < 4.78 is 13.1. The smallest absolute Gasteiger partial charge is 0.341 e.